The Morgan fingerprint density at radius 1 is 1.43 bits per heavy atom. The molecule has 14 heavy (non-hydrogen) atoms. The molecule has 0 radical (unpaired) electrons. The molecule has 0 aromatic heterocycles. The second-order valence-electron chi connectivity index (χ2n) is 3.52. The van der Waals surface area contributed by atoms with Gasteiger partial charge in [0.05, 0.1) is 0 Å². The van der Waals surface area contributed by atoms with Crippen molar-refractivity contribution in [3.8, 4) is 0 Å². The summed E-state index contributed by atoms with van der Waals surface area (Å²) < 4.78 is 4.79. The van der Waals surface area contributed by atoms with Crippen LogP contribution < -0.4 is 5.73 Å². The molecule has 2 rings (SSSR count). The minimum atomic E-state index is -0.708. The molecule has 0 heterocycles. The third-order valence-electron chi connectivity index (χ3n) is 2.61. The number of fused-ring (bicyclic) bond motifs is 1. The van der Waals surface area contributed by atoms with Gasteiger partial charge in [-0.3, -0.25) is 0 Å². The molecule has 0 saturated carbocycles. The second kappa shape index (κ2) is 3.70. The Bertz CT molecular complexity index is 360. The molecule has 3 nitrogen and oxygen atoms in total. The number of primary amides is 1. The van der Waals surface area contributed by atoms with Crippen molar-refractivity contribution in [1.82, 2.24) is 0 Å². The van der Waals surface area contributed by atoms with Gasteiger partial charge in [-0.2, -0.15) is 0 Å². The van der Waals surface area contributed by atoms with Gasteiger partial charge in [0.2, 0.25) is 0 Å². The molecular formula is C11H13NO2. The molecule has 1 aliphatic carbocycles. The lowest BCUT2D eigenvalue weighted by molar-refractivity contribution is 0.150. The number of carbonyl (C=O) groups excluding carboxylic acids is 1. The van der Waals surface area contributed by atoms with Gasteiger partial charge >= 0.3 is 6.09 Å². The summed E-state index contributed by atoms with van der Waals surface area (Å²) in [6.07, 6.45) is 2.72. The molecule has 0 bridgehead atoms. The van der Waals surface area contributed by atoms with Gasteiger partial charge in [0, 0.05) is 0 Å². The minimum absolute atomic E-state index is 0.304. The number of hydrogen-bond acceptors (Lipinski definition) is 2. The zero-order valence-electron chi connectivity index (χ0n) is 7.95. The highest BCUT2D eigenvalue weighted by atomic mass is 16.5. The van der Waals surface area contributed by atoms with Crippen molar-refractivity contribution in [2.75, 3.05) is 0 Å². The molecule has 0 atom stereocenters. The van der Waals surface area contributed by atoms with E-state index in [0.717, 1.165) is 18.4 Å². The van der Waals surface area contributed by atoms with Gasteiger partial charge in [-0.25, -0.2) is 4.79 Å². The fourth-order valence-electron chi connectivity index (χ4n) is 1.98. The predicted molar refractivity (Wildman–Crippen MR) is 52.8 cm³/mol. The number of ether oxygens (including phenoxy) is 1. The van der Waals surface area contributed by atoms with Crippen molar-refractivity contribution >= 4 is 6.09 Å². The van der Waals surface area contributed by atoms with E-state index >= 15 is 0 Å². The Kier molecular flexibility index (Phi) is 2.39. The van der Waals surface area contributed by atoms with Crippen molar-refractivity contribution in [1.29, 1.82) is 0 Å². The molecule has 0 saturated heterocycles. The molecule has 3 heteroatoms. The third-order valence-corrected chi connectivity index (χ3v) is 2.61. The van der Waals surface area contributed by atoms with Crippen LogP contribution in [0.5, 0.6) is 0 Å². The van der Waals surface area contributed by atoms with Crippen LogP contribution in [0.1, 0.15) is 23.1 Å². The van der Waals surface area contributed by atoms with Crippen LogP contribution in [-0.2, 0) is 24.2 Å². The first-order valence-corrected chi connectivity index (χ1v) is 4.79. The normalized spacial score (nSPS) is 13.7. The lowest BCUT2D eigenvalue weighted by Crippen LogP contribution is -2.13. The highest BCUT2D eigenvalue weighted by Gasteiger charge is 2.14. The van der Waals surface area contributed by atoms with Gasteiger partial charge in [-0.15, -0.1) is 0 Å². The first kappa shape index (κ1) is 9.06. The molecule has 2 N–H and O–H groups in total. The van der Waals surface area contributed by atoms with Crippen LogP contribution >= 0.6 is 0 Å². The topological polar surface area (TPSA) is 52.3 Å². The number of nitrogens with two attached hydrogens (primary N) is 1. The Hall–Kier alpha value is -1.51. The summed E-state index contributed by atoms with van der Waals surface area (Å²) in [7, 11) is 0. The summed E-state index contributed by atoms with van der Waals surface area (Å²) >= 11 is 0. The van der Waals surface area contributed by atoms with E-state index in [1.165, 1.54) is 17.5 Å². The maximum absolute atomic E-state index is 10.5. The summed E-state index contributed by atoms with van der Waals surface area (Å²) in [6, 6.07) is 6.13. The van der Waals surface area contributed by atoms with Crippen LogP contribution in [0.3, 0.4) is 0 Å². The van der Waals surface area contributed by atoms with Crippen molar-refractivity contribution in [3.63, 3.8) is 0 Å². The van der Waals surface area contributed by atoms with Crippen molar-refractivity contribution < 1.29 is 9.53 Å². The Morgan fingerprint density at radius 2 is 2.29 bits per heavy atom. The molecule has 0 unspecified atom stereocenters. The highest BCUT2D eigenvalue weighted by Crippen LogP contribution is 2.25. The molecular weight excluding hydrogens is 178 g/mol. The number of rotatable bonds is 2. The molecule has 1 amide bonds. The van der Waals surface area contributed by atoms with Crippen LogP contribution in [0.25, 0.3) is 0 Å². The lowest BCUT2D eigenvalue weighted by atomic mass is 10.0. The van der Waals surface area contributed by atoms with Gasteiger partial charge in [0.1, 0.15) is 6.61 Å². The molecule has 1 aliphatic rings. The van der Waals surface area contributed by atoms with E-state index in [1.807, 2.05) is 12.1 Å². The zero-order chi connectivity index (χ0) is 9.97. The van der Waals surface area contributed by atoms with E-state index in [-0.39, 0.29) is 0 Å². The minimum Gasteiger partial charge on any atom is -0.445 e. The van der Waals surface area contributed by atoms with Crippen LogP contribution in [0.2, 0.25) is 0 Å². The van der Waals surface area contributed by atoms with Crippen molar-refractivity contribution in [2.45, 2.75) is 25.9 Å². The molecule has 74 valence electrons. The van der Waals surface area contributed by atoms with Crippen LogP contribution in [-0.4, -0.2) is 6.09 Å². The average molecular weight is 191 g/mol. The summed E-state index contributed by atoms with van der Waals surface area (Å²) in [4.78, 5) is 10.5. The third kappa shape index (κ3) is 1.71. The van der Waals surface area contributed by atoms with E-state index in [0.29, 0.717) is 6.61 Å². The fourth-order valence-corrected chi connectivity index (χ4v) is 1.98. The summed E-state index contributed by atoms with van der Waals surface area (Å²) in [5.41, 5.74) is 8.75. The Morgan fingerprint density at radius 3 is 3.07 bits per heavy atom. The van der Waals surface area contributed by atoms with Crippen LogP contribution in [0.4, 0.5) is 4.79 Å². The van der Waals surface area contributed by atoms with E-state index in [1.54, 1.807) is 0 Å². The van der Waals surface area contributed by atoms with Gasteiger partial charge in [0.15, 0.2) is 0 Å². The smallest absolute Gasteiger partial charge is 0.404 e. The molecule has 0 aliphatic heterocycles. The number of carbonyl (C=O) groups is 1. The maximum atomic E-state index is 10.5. The first-order chi connectivity index (χ1) is 6.77. The van der Waals surface area contributed by atoms with E-state index in [4.69, 9.17) is 10.5 Å². The first-order valence-electron chi connectivity index (χ1n) is 4.79. The monoisotopic (exact) mass is 191 g/mol. The maximum Gasteiger partial charge on any atom is 0.404 e. The average Bonchev–Trinajstić information content (AvgIpc) is 2.62. The lowest BCUT2D eigenvalue weighted by Gasteiger charge is -2.07. The molecule has 1 aromatic rings. The van der Waals surface area contributed by atoms with E-state index in [2.05, 4.69) is 6.07 Å². The van der Waals surface area contributed by atoms with Gasteiger partial charge in [0.25, 0.3) is 0 Å². The zero-order valence-corrected chi connectivity index (χ0v) is 7.95. The van der Waals surface area contributed by atoms with Crippen LogP contribution in [0.15, 0.2) is 18.2 Å². The summed E-state index contributed by atoms with van der Waals surface area (Å²) in [6.45, 7) is 0.304. The number of hydrogen-bond donors (Lipinski definition) is 1. The molecule has 0 fully saturated rings. The van der Waals surface area contributed by atoms with Gasteiger partial charge in [-0.1, -0.05) is 18.2 Å². The standard InChI is InChI=1S/C11H13NO2/c12-11(13)14-7-9-5-1-3-8-4-2-6-10(8)9/h1,3,5H,2,4,6-7H2,(H2,12,13). The molecule has 0 spiro atoms. The predicted octanol–water partition coefficient (Wildman–Crippen LogP) is 1.77. The summed E-state index contributed by atoms with van der Waals surface area (Å²) in [5.74, 6) is 0. The van der Waals surface area contributed by atoms with E-state index in [9.17, 15) is 4.79 Å². The van der Waals surface area contributed by atoms with Crippen LogP contribution in [0, 0.1) is 0 Å². The largest absolute Gasteiger partial charge is 0.445 e. The highest BCUT2D eigenvalue weighted by molar-refractivity contribution is 5.64. The Labute approximate surface area is 82.9 Å². The van der Waals surface area contributed by atoms with Crippen molar-refractivity contribution in [2.24, 2.45) is 5.73 Å². The van der Waals surface area contributed by atoms with E-state index < -0.39 is 6.09 Å². The van der Waals surface area contributed by atoms with Gasteiger partial charge < -0.3 is 10.5 Å². The summed E-state index contributed by atoms with van der Waals surface area (Å²) in [5, 5.41) is 0. The number of aryl methyl sites for hydroxylation is 1. The number of benzene rings is 1. The van der Waals surface area contributed by atoms with Gasteiger partial charge in [-0.05, 0) is 36.0 Å². The molecule has 1 aromatic carbocycles. The quantitative estimate of drug-likeness (QED) is 0.774. The second-order valence-corrected chi connectivity index (χ2v) is 3.52. The number of amides is 1. The SMILES string of the molecule is NC(=O)OCc1cccc2c1CCC2. The van der Waals surface area contributed by atoms with Crippen molar-refractivity contribution in [3.05, 3.63) is 34.9 Å². The Balaban J connectivity index is 2.17. The fraction of sp³-hybridized carbons (Fsp3) is 0.364.